The summed E-state index contributed by atoms with van der Waals surface area (Å²) >= 11 is 0. The molecule has 0 unspecified atom stereocenters. The zero-order valence-electron chi connectivity index (χ0n) is 13.8. The number of nitrogens with zero attached hydrogens (tertiary/aromatic N) is 3. The summed E-state index contributed by atoms with van der Waals surface area (Å²) in [5, 5.41) is 9.52. The van der Waals surface area contributed by atoms with E-state index in [4.69, 9.17) is 10.8 Å². The summed E-state index contributed by atoms with van der Waals surface area (Å²) in [5.41, 5.74) is 9.30. The third kappa shape index (κ3) is 2.83. The summed E-state index contributed by atoms with van der Waals surface area (Å²) in [5.74, 6) is -1.17. The van der Waals surface area contributed by atoms with Gasteiger partial charge in [0.15, 0.2) is 0 Å². The Morgan fingerprint density at radius 1 is 1.08 bits per heavy atom. The second-order valence-electron chi connectivity index (χ2n) is 6.28. The minimum atomic E-state index is -0.941. The molecule has 0 radical (unpaired) electrons. The number of hydrogen-bond donors (Lipinski definition) is 2. The molecule has 0 saturated heterocycles. The number of carbonyl (C=O) groups excluding carboxylic acids is 1. The first-order valence-electron chi connectivity index (χ1n) is 8.15. The van der Waals surface area contributed by atoms with Crippen LogP contribution in [0.25, 0.3) is 10.9 Å². The van der Waals surface area contributed by atoms with Gasteiger partial charge in [-0.2, -0.15) is 0 Å². The number of aromatic nitrogens is 2. The maximum atomic E-state index is 13.1. The van der Waals surface area contributed by atoms with Gasteiger partial charge in [0.1, 0.15) is 5.69 Å². The average Bonchev–Trinajstić information content (AvgIpc) is 3.04. The van der Waals surface area contributed by atoms with Crippen LogP contribution >= 0.6 is 0 Å². The van der Waals surface area contributed by atoms with Gasteiger partial charge in [-0.05, 0) is 28.8 Å². The van der Waals surface area contributed by atoms with Gasteiger partial charge in [-0.15, -0.1) is 0 Å². The molecule has 4 rings (SSSR count). The first kappa shape index (κ1) is 16.0. The summed E-state index contributed by atoms with van der Waals surface area (Å²) in [7, 11) is 0. The van der Waals surface area contributed by atoms with Crippen molar-refractivity contribution in [3.63, 3.8) is 0 Å². The fourth-order valence-electron chi connectivity index (χ4n) is 3.27. The maximum Gasteiger partial charge on any atom is 0.307 e. The monoisotopic (exact) mass is 348 g/mol. The Morgan fingerprint density at radius 2 is 1.77 bits per heavy atom. The topological polar surface area (TPSA) is 109 Å². The van der Waals surface area contributed by atoms with Crippen LogP contribution in [-0.2, 0) is 24.3 Å². The molecule has 2 aromatic carbocycles. The van der Waals surface area contributed by atoms with Crippen LogP contribution in [0.5, 0.6) is 0 Å². The molecule has 2 heterocycles. The number of carboxylic acid groups (broad SMARTS) is 1. The molecule has 0 saturated carbocycles. The van der Waals surface area contributed by atoms with E-state index >= 15 is 0 Å². The molecular weight excluding hydrogens is 332 g/mol. The molecule has 0 bridgehead atoms. The third-order valence-electron chi connectivity index (χ3n) is 4.46. The molecule has 0 spiro atoms. The maximum absolute atomic E-state index is 13.1. The number of fused-ring (bicyclic) bond motifs is 2. The van der Waals surface area contributed by atoms with E-state index in [9.17, 15) is 9.59 Å². The van der Waals surface area contributed by atoms with Crippen molar-refractivity contribution in [2.45, 2.75) is 19.5 Å². The Morgan fingerprint density at radius 3 is 2.42 bits per heavy atom. The van der Waals surface area contributed by atoms with Crippen LogP contribution < -0.4 is 5.73 Å². The van der Waals surface area contributed by atoms with Crippen molar-refractivity contribution in [2.24, 2.45) is 0 Å². The van der Waals surface area contributed by atoms with E-state index in [0.717, 1.165) is 11.1 Å². The second kappa shape index (κ2) is 6.11. The minimum absolute atomic E-state index is 0.0172. The van der Waals surface area contributed by atoms with E-state index in [-0.39, 0.29) is 24.0 Å². The smallest absolute Gasteiger partial charge is 0.307 e. The lowest BCUT2D eigenvalue weighted by molar-refractivity contribution is -0.136. The molecule has 26 heavy (non-hydrogen) atoms. The van der Waals surface area contributed by atoms with Crippen molar-refractivity contribution in [1.82, 2.24) is 14.9 Å². The number of aliphatic carboxylic acids is 1. The van der Waals surface area contributed by atoms with Crippen LogP contribution in [0, 0.1) is 0 Å². The van der Waals surface area contributed by atoms with Crippen LogP contribution in [0.1, 0.15) is 27.2 Å². The predicted molar refractivity (Wildman–Crippen MR) is 95.3 cm³/mol. The summed E-state index contributed by atoms with van der Waals surface area (Å²) in [6, 6.07) is 12.9. The van der Waals surface area contributed by atoms with Gasteiger partial charge < -0.3 is 15.7 Å². The van der Waals surface area contributed by atoms with Gasteiger partial charge in [0.25, 0.3) is 5.91 Å². The van der Waals surface area contributed by atoms with E-state index in [1.165, 1.54) is 0 Å². The van der Waals surface area contributed by atoms with E-state index in [1.54, 1.807) is 23.1 Å². The van der Waals surface area contributed by atoms with Gasteiger partial charge in [0.2, 0.25) is 5.95 Å². The number of nitrogen functional groups attached to an aromatic ring is 1. The first-order chi connectivity index (χ1) is 12.5. The average molecular weight is 348 g/mol. The SMILES string of the molecule is Nc1nc(C(=O)N2Cc3ccccc3C2)c2cc(CC(=O)O)ccc2n1. The standard InChI is InChI=1S/C19H16N4O3/c20-19-21-15-6-5-11(8-16(24)25)7-14(15)17(22-19)18(26)23-9-12-3-1-2-4-13(12)10-23/h1-7H,8-10H2,(H,24,25)(H2,20,21,22). The molecule has 1 aromatic heterocycles. The molecule has 1 aliphatic rings. The van der Waals surface area contributed by atoms with Gasteiger partial charge in [-0.25, -0.2) is 9.97 Å². The normalized spacial score (nSPS) is 13.0. The number of benzene rings is 2. The van der Waals surface area contributed by atoms with Crippen LogP contribution in [-0.4, -0.2) is 31.9 Å². The van der Waals surface area contributed by atoms with E-state index < -0.39 is 5.97 Å². The predicted octanol–water partition coefficient (Wildman–Crippen LogP) is 2.00. The molecule has 3 N–H and O–H groups in total. The van der Waals surface area contributed by atoms with Crippen molar-refractivity contribution in [3.05, 3.63) is 64.8 Å². The number of amides is 1. The van der Waals surface area contributed by atoms with Gasteiger partial charge in [0.05, 0.1) is 11.9 Å². The molecule has 0 atom stereocenters. The highest BCUT2D eigenvalue weighted by Gasteiger charge is 2.26. The number of nitrogens with two attached hydrogens (primary N) is 1. The Hall–Kier alpha value is -3.48. The Kier molecular flexibility index (Phi) is 3.76. The van der Waals surface area contributed by atoms with E-state index in [1.807, 2.05) is 24.3 Å². The molecule has 1 aliphatic heterocycles. The lowest BCUT2D eigenvalue weighted by Gasteiger charge is -2.16. The van der Waals surface area contributed by atoms with E-state index in [0.29, 0.717) is 29.6 Å². The second-order valence-corrected chi connectivity index (χ2v) is 6.28. The molecule has 0 fully saturated rings. The number of carbonyl (C=O) groups is 2. The van der Waals surface area contributed by atoms with Crippen LogP contribution in [0.4, 0.5) is 5.95 Å². The summed E-state index contributed by atoms with van der Waals surface area (Å²) < 4.78 is 0. The lowest BCUT2D eigenvalue weighted by Crippen LogP contribution is -2.27. The number of anilines is 1. The zero-order valence-corrected chi connectivity index (χ0v) is 13.8. The molecule has 7 heteroatoms. The molecule has 130 valence electrons. The van der Waals surface area contributed by atoms with Crippen LogP contribution in [0.3, 0.4) is 0 Å². The van der Waals surface area contributed by atoms with Crippen LogP contribution in [0.2, 0.25) is 0 Å². The van der Waals surface area contributed by atoms with Gasteiger partial charge in [0, 0.05) is 18.5 Å². The third-order valence-corrected chi connectivity index (χ3v) is 4.46. The summed E-state index contributed by atoms with van der Waals surface area (Å²) in [6.45, 7) is 1.02. The highest BCUT2D eigenvalue weighted by atomic mass is 16.4. The van der Waals surface area contributed by atoms with Gasteiger partial charge in [-0.1, -0.05) is 30.3 Å². The lowest BCUT2D eigenvalue weighted by atomic mass is 10.1. The first-order valence-corrected chi connectivity index (χ1v) is 8.15. The largest absolute Gasteiger partial charge is 0.481 e. The molecule has 7 nitrogen and oxygen atoms in total. The summed E-state index contributed by atoms with van der Waals surface area (Å²) in [6.07, 6.45) is -0.136. The van der Waals surface area contributed by atoms with Crippen molar-refractivity contribution in [1.29, 1.82) is 0 Å². The minimum Gasteiger partial charge on any atom is -0.481 e. The quantitative estimate of drug-likeness (QED) is 0.749. The van der Waals surface area contributed by atoms with E-state index in [2.05, 4.69) is 9.97 Å². The number of carboxylic acids is 1. The molecular formula is C19H16N4O3. The van der Waals surface area contributed by atoms with Crippen LogP contribution in [0.15, 0.2) is 42.5 Å². The Labute approximate surface area is 149 Å². The molecule has 1 amide bonds. The highest BCUT2D eigenvalue weighted by molar-refractivity contribution is 6.05. The van der Waals surface area contributed by atoms with Gasteiger partial charge in [-0.3, -0.25) is 9.59 Å². The van der Waals surface area contributed by atoms with Gasteiger partial charge >= 0.3 is 5.97 Å². The van der Waals surface area contributed by atoms with Crippen molar-refractivity contribution in [2.75, 3.05) is 5.73 Å². The van der Waals surface area contributed by atoms with Crippen molar-refractivity contribution < 1.29 is 14.7 Å². The van der Waals surface area contributed by atoms with Crippen molar-refractivity contribution >= 4 is 28.7 Å². The Bertz CT molecular complexity index is 1020. The summed E-state index contributed by atoms with van der Waals surface area (Å²) in [4.78, 5) is 34.1. The Balaban J connectivity index is 1.75. The fourth-order valence-corrected chi connectivity index (χ4v) is 3.27. The molecule has 0 aliphatic carbocycles. The zero-order chi connectivity index (χ0) is 18.3. The number of rotatable bonds is 3. The highest BCUT2D eigenvalue weighted by Crippen LogP contribution is 2.26. The van der Waals surface area contributed by atoms with Crippen molar-refractivity contribution in [3.8, 4) is 0 Å². The fraction of sp³-hybridized carbons (Fsp3) is 0.158. The molecule has 3 aromatic rings. The number of hydrogen-bond acceptors (Lipinski definition) is 5.